The fourth-order valence-corrected chi connectivity index (χ4v) is 9.42. The third-order valence-corrected chi connectivity index (χ3v) is 10.0. The maximum absolute atomic E-state index is 12.4. The van der Waals surface area contributed by atoms with Gasteiger partial charge in [-0.05, 0) is 87.4 Å². The topological polar surface area (TPSA) is 29.1 Å². The average molecular weight is 368 g/mol. The van der Waals surface area contributed by atoms with Gasteiger partial charge in [-0.3, -0.25) is 4.79 Å². The fourth-order valence-electron chi connectivity index (χ4n) is 6.40. The average Bonchev–Trinajstić information content (AvgIpc) is 3.03. The molecule has 4 heteroatoms. The highest BCUT2D eigenvalue weighted by molar-refractivity contribution is 8.77. The molecule has 0 aromatic carbocycles. The van der Waals surface area contributed by atoms with Crippen molar-refractivity contribution < 1.29 is 4.79 Å². The van der Waals surface area contributed by atoms with Crippen molar-refractivity contribution in [1.29, 1.82) is 0 Å². The van der Waals surface area contributed by atoms with E-state index in [4.69, 9.17) is 0 Å². The third kappa shape index (κ3) is 3.79. The molecule has 0 radical (unpaired) electrons. The number of carbonyl (C=O) groups excluding carboxylic acids is 1. The van der Waals surface area contributed by atoms with Crippen LogP contribution >= 0.6 is 21.6 Å². The number of carbonyl (C=O) groups is 1. The monoisotopic (exact) mass is 367 g/mol. The van der Waals surface area contributed by atoms with Gasteiger partial charge in [0.05, 0.1) is 0 Å². The number of nitrogens with one attached hydrogen (secondary N) is 1. The standard InChI is InChI=1S/C20H33NOS2/c1-14(20-9-16-6-17(10-20)8-18(7-16)11-20)21-19(22)5-3-2-4-15-12-23-24-13-15/h14-18H,2-13H2,1H3,(H,21,22). The molecule has 4 bridgehead atoms. The molecule has 0 spiro atoms. The van der Waals surface area contributed by atoms with Crippen molar-refractivity contribution in [3.63, 3.8) is 0 Å². The summed E-state index contributed by atoms with van der Waals surface area (Å²) in [4.78, 5) is 12.4. The van der Waals surface area contributed by atoms with Crippen molar-refractivity contribution >= 4 is 27.5 Å². The SMILES string of the molecule is CC(NC(=O)CCCCC1CSSC1)C12CC3CC(CC(C3)C1)C2. The molecule has 0 aromatic heterocycles. The zero-order chi connectivity index (χ0) is 16.6. The Morgan fingerprint density at radius 1 is 1.04 bits per heavy atom. The van der Waals surface area contributed by atoms with E-state index < -0.39 is 0 Å². The molecule has 4 saturated carbocycles. The zero-order valence-corrected chi connectivity index (χ0v) is 16.7. The van der Waals surface area contributed by atoms with Crippen LogP contribution in [0.2, 0.25) is 0 Å². The highest BCUT2D eigenvalue weighted by Crippen LogP contribution is 2.61. The molecule has 1 saturated heterocycles. The van der Waals surface area contributed by atoms with Gasteiger partial charge in [0.15, 0.2) is 0 Å². The lowest BCUT2D eigenvalue weighted by Gasteiger charge is -2.59. The van der Waals surface area contributed by atoms with Gasteiger partial charge in [-0.15, -0.1) is 0 Å². The maximum atomic E-state index is 12.4. The fraction of sp³-hybridized carbons (Fsp3) is 0.950. The van der Waals surface area contributed by atoms with E-state index in [0.29, 0.717) is 17.4 Å². The summed E-state index contributed by atoms with van der Waals surface area (Å²) in [6.07, 6.45) is 13.0. The van der Waals surface area contributed by atoms with Crippen molar-refractivity contribution in [3.8, 4) is 0 Å². The number of amides is 1. The van der Waals surface area contributed by atoms with E-state index in [9.17, 15) is 4.79 Å². The Bertz CT molecular complexity index is 425. The van der Waals surface area contributed by atoms with Crippen LogP contribution in [0.1, 0.15) is 71.1 Å². The first-order chi connectivity index (χ1) is 11.6. The van der Waals surface area contributed by atoms with E-state index in [-0.39, 0.29) is 0 Å². The Balaban J connectivity index is 1.21. The van der Waals surface area contributed by atoms with Crippen LogP contribution in [0, 0.1) is 29.1 Å². The minimum absolute atomic E-state index is 0.313. The number of unbranched alkanes of at least 4 members (excludes halogenated alkanes) is 1. The van der Waals surface area contributed by atoms with Crippen molar-refractivity contribution in [2.45, 2.75) is 77.2 Å². The van der Waals surface area contributed by atoms with Gasteiger partial charge in [0, 0.05) is 24.0 Å². The molecule has 5 rings (SSSR count). The van der Waals surface area contributed by atoms with Crippen molar-refractivity contribution in [2.75, 3.05) is 11.5 Å². The molecular weight excluding hydrogens is 334 g/mol. The number of hydrogen-bond acceptors (Lipinski definition) is 3. The van der Waals surface area contributed by atoms with Gasteiger partial charge in [0.1, 0.15) is 0 Å². The molecule has 1 amide bonds. The Labute approximate surface area is 155 Å². The predicted octanol–water partition coefficient (Wildman–Crippen LogP) is 5.28. The van der Waals surface area contributed by atoms with Gasteiger partial charge in [0.2, 0.25) is 5.91 Å². The Kier molecular flexibility index (Phi) is 5.44. The maximum Gasteiger partial charge on any atom is 0.220 e. The van der Waals surface area contributed by atoms with E-state index in [1.54, 1.807) is 0 Å². The van der Waals surface area contributed by atoms with Crippen LogP contribution in [0.3, 0.4) is 0 Å². The van der Waals surface area contributed by atoms with Gasteiger partial charge in [-0.25, -0.2) is 0 Å². The highest BCUT2D eigenvalue weighted by Gasteiger charge is 2.53. The van der Waals surface area contributed by atoms with E-state index >= 15 is 0 Å². The first-order valence-electron chi connectivity index (χ1n) is 10.2. The van der Waals surface area contributed by atoms with Crippen LogP contribution in [0.4, 0.5) is 0 Å². The molecule has 2 nitrogen and oxygen atoms in total. The lowest BCUT2D eigenvalue weighted by molar-refractivity contribution is -0.126. The Hall–Kier alpha value is 0.170. The molecule has 1 N–H and O–H groups in total. The van der Waals surface area contributed by atoms with Gasteiger partial charge >= 0.3 is 0 Å². The second-order valence-electron chi connectivity index (χ2n) is 9.25. The van der Waals surface area contributed by atoms with Gasteiger partial charge in [-0.1, -0.05) is 28.0 Å². The van der Waals surface area contributed by atoms with Crippen LogP contribution in [-0.2, 0) is 4.79 Å². The molecule has 1 unspecified atom stereocenters. The summed E-state index contributed by atoms with van der Waals surface area (Å²) in [5.74, 6) is 6.76. The molecule has 1 aliphatic heterocycles. The minimum Gasteiger partial charge on any atom is -0.353 e. The number of rotatable bonds is 7. The van der Waals surface area contributed by atoms with E-state index in [1.165, 1.54) is 62.9 Å². The predicted molar refractivity (Wildman–Crippen MR) is 105 cm³/mol. The molecule has 136 valence electrons. The van der Waals surface area contributed by atoms with Gasteiger partial charge in [-0.2, -0.15) is 0 Å². The molecule has 0 aromatic rings. The second-order valence-corrected chi connectivity index (χ2v) is 11.8. The first-order valence-corrected chi connectivity index (χ1v) is 12.7. The summed E-state index contributed by atoms with van der Waals surface area (Å²) < 4.78 is 0. The highest BCUT2D eigenvalue weighted by atomic mass is 33.1. The minimum atomic E-state index is 0.313. The summed E-state index contributed by atoms with van der Waals surface area (Å²) in [5.41, 5.74) is 0.447. The van der Waals surface area contributed by atoms with Crippen molar-refractivity contribution in [1.82, 2.24) is 5.32 Å². The largest absolute Gasteiger partial charge is 0.353 e. The van der Waals surface area contributed by atoms with Gasteiger partial charge in [0.25, 0.3) is 0 Å². The summed E-state index contributed by atoms with van der Waals surface area (Å²) >= 11 is 0. The van der Waals surface area contributed by atoms with E-state index in [0.717, 1.165) is 36.5 Å². The summed E-state index contributed by atoms with van der Waals surface area (Å²) in [7, 11) is 4.04. The van der Waals surface area contributed by atoms with Crippen molar-refractivity contribution in [3.05, 3.63) is 0 Å². The number of hydrogen-bond donors (Lipinski definition) is 1. The lowest BCUT2D eigenvalue weighted by atomic mass is 9.48. The molecule has 1 heterocycles. The normalized spacial score (nSPS) is 39.3. The zero-order valence-electron chi connectivity index (χ0n) is 15.1. The first kappa shape index (κ1) is 17.6. The lowest BCUT2D eigenvalue weighted by Crippen LogP contribution is -2.55. The van der Waals surface area contributed by atoms with E-state index in [2.05, 4.69) is 12.2 Å². The van der Waals surface area contributed by atoms with Crippen LogP contribution in [0.25, 0.3) is 0 Å². The molecule has 5 fully saturated rings. The third-order valence-electron chi connectivity index (χ3n) is 7.34. The quantitative estimate of drug-likeness (QED) is 0.490. The van der Waals surface area contributed by atoms with Crippen LogP contribution in [0.5, 0.6) is 0 Å². The Morgan fingerprint density at radius 3 is 2.21 bits per heavy atom. The molecule has 24 heavy (non-hydrogen) atoms. The smallest absolute Gasteiger partial charge is 0.220 e. The second kappa shape index (κ2) is 7.42. The molecule has 5 aliphatic rings. The van der Waals surface area contributed by atoms with Crippen LogP contribution in [0.15, 0.2) is 0 Å². The summed E-state index contributed by atoms with van der Waals surface area (Å²) in [6.45, 7) is 2.30. The molecular formula is C20H33NOS2. The Morgan fingerprint density at radius 2 is 1.62 bits per heavy atom. The summed E-state index contributed by atoms with van der Waals surface area (Å²) in [6, 6.07) is 0.390. The summed E-state index contributed by atoms with van der Waals surface area (Å²) in [5, 5.41) is 3.42. The van der Waals surface area contributed by atoms with Gasteiger partial charge < -0.3 is 5.32 Å². The van der Waals surface area contributed by atoms with E-state index in [1.807, 2.05) is 21.6 Å². The van der Waals surface area contributed by atoms with Crippen LogP contribution in [-0.4, -0.2) is 23.5 Å². The van der Waals surface area contributed by atoms with Crippen LogP contribution < -0.4 is 5.32 Å². The van der Waals surface area contributed by atoms with Crippen molar-refractivity contribution in [2.24, 2.45) is 29.1 Å². The molecule has 1 atom stereocenters. The molecule has 4 aliphatic carbocycles.